The summed E-state index contributed by atoms with van der Waals surface area (Å²) in [5.41, 5.74) is 1.67. The third-order valence-corrected chi connectivity index (χ3v) is 5.21. The summed E-state index contributed by atoms with van der Waals surface area (Å²) in [5, 5.41) is 19.4. The molecule has 168 valence electrons. The molecule has 1 aliphatic heterocycles. The monoisotopic (exact) mass is 438 g/mol. The molecule has 2 aromatic carbocycles. The summed E-state index contributed by atoms with van der Waals surface area (Å²) in [6, 6.07) is 17.0. The first-order valence-electron chi connectivity index (χ1n) is 10.5. The van der Waals surface area contributed by atoms with Crippen molar-refractivity contribution in [3.8, 4) is 5.88 Å². The maximum Gasteiger partial charge on any atom is 0.410 e. The number of para-hydroxylation sites is 1. The van der Waals surface area contributed by atoms with Gasteiger partial charge < -0.3 is 29.5 Å². The van der Waals surface area contributed by atoms with Gasteiger partial charge in [-0.1, -0.05) is 42.5 Å². The quantitative estimate of drug-likeness (QED) is 0.575. The molecule has 32 heavy (non-hydrogen) atoms. The van der Waals surface area contributed by atoms with Gasteiger partial charge in [0.05, 0.1) is 17.5 Å². The van der Waals surface area contributed by atoms with Crippen LogP contribution in [0.5, 0.6) is 5.88 Å². The third-order valence-electron chi connectivity index (χ3n) is 5.21. The van der Waals surface area contributed by atoms with Crippen LogP contribution >= 0.6 is 0 Å². The molecule has 9 nitrogen and oxygen atoms in total. The first-order chi connectivity index (χ1) is 15.6. The van der Waals surface area contributed by atoms with Gasteiger partial charge in [0.25, 0.3) is 0 Å². The molecule has 4 rings (SSSR count). The van der Waals surface area contributed by atoms with Crippen molar-refractivity contribution in [2.45, 2.75) is 12.7 Å². The van der Waals surface area contributed by atoms with Crippen LogP contribution in [0, 0.1) is 0 Å². The number of aliphatic hydroxyl groups excluding tert-OH is 2. The zero-order valence-corrected chi connectivity index (χ0v) is 17.6. The number of anilines is 1. The van der Waals surface area contributed by atoms with E-state index < -0.39 is 12.7 Å². The zero-order chi connectivity index (χ0) is 22.3. The van der Waals surface area contributed by atoms with Crippen LogP contribution in [0.3, 0.4) is 0 Å². The maximum atomic E-state index is 12.4. The maximum absolute atomic E-state index is 12.4. The lowest BCUT2D eigenvalue weighted by atomic mass is 10.2. The van der Waals surface area contributed by atoms with Gasteiger partial charge in [-0.3, -0.25) is 0 Å². The Morgan fingerprint density at radius 1 is 1.00 bits per heavy atom. The number of piperazine rings is 1. The average Bonchev–Trinajstić information content (AvgIpc) is 2.86. The van der Waals surface area contributed by atoms with E-state index in [1.807, 2.05) is 59.5 Å². The van der Waals surface area contributed by atoms with E-state index in [-0.39, 0.29) is 19.3 Å². The van der Waals surface area contributed by atoms with Gasteiger partial charge in [-0.05, 0) is 17.7 Å². The van der Waals surface area contributed by atoms with Crippen molar-refractivity contribution in [1.29, 1.82) is 0 Å². The molecule has 1 aromatic heterocycles. The van der Waals surface area contributed by atoms with Crippen molar-refractivity contribution in [2.75, 3.05) is 44.3 Å². The fourth-order valence-electron chi connectivity index (χ4n) is 3.41. The highest BCUT2D eigenvalue weighted by Crippen LogP contribution is 2.26. The number of rotatable bonds is 7. The van der Waals surface area contributed by atoms with E-state index in [9.17, 15) is 9.90 Å². The first-order valence-corrected chi connectivity index (χ1v) is 10.5. The van der Waals surface area contributed by atoms with Crippen LogP contribution in [-0.4, -0.2) is 76.7 Å². The summed E-state index contributed by atoms with van der Waals surface area (Å²) >= 11 is 0. The molecular formula is C23H26N4O5. The van der Waals surface area contributed by atoms with E-state index in [0.717, 1.165) is 16.5 Å². The first kappa shape index (κ1) is 21.8. The Balaban J connectivity index is 1.40. The van der Waals surface area contributed by atoms with Gasteiger partial charge in [-0.15, -0.1) is 0 Å². The summed E-state index contributed by atoms with van der Waals surface area (Å²) in [4.78, 5) is 25.3. The Labute approximate surface area is 185 Å². The van der Waals surface area contributed by atoms with Crippen molar-refractivity contribution in [2.24, 2.45) is 0 Å². The number of aliphatic hydroxyl groups is 2. The Bertz CT molecular complexity index is 1040. The molecule has 1 saturated heterocycles. The van der Waals surface area contributed by atoms with Crippen molar-refractivity contribution in [1.82, 2.24) is 14.9 Å². The molecule has 0 spiro atoms. The lowest BCUT2D eigenvalue weighted by Gasteiger charge is -2.34. The second-order valence-corrected chi connectivity index (χ2v) is 7.51. The lowest BCUT2D eigenvalue weighted by Crippen LogP contribution is -2.49. The standard InChI is InChI=1S/C23H26N4O5/c28-14-18(29)16-31-21-19-8-4-5-9-20(19)24-22(25-21)26-10-12-27(13-11-26)23(30)32-15-17-6-2-1-3-7-17/h1-9,18,28-29H,10-16H2. The summed E-state index contributed by atoms with van der Waals surface area (Å²) in [6.07, 6.45) is -1.33. The molecule has 1 unspecified atom stereocenters. The Kier molecular flexibility index (Phi) is 6.98. The lowest BCUT2D eigenvalue weighted by molar-refractivity contribution is 0.0526. The molecule has 0 aliphatic carbocycles. The number of fused-ring (bicyclic) bond motifs is 1. The number of hydrogen-bond donors (Lipinski definition) is 2. The number of amides is 1. The van der Waals surface area contributed by atoms with Gasteiger partial charge in [-0.25, -0.2) is 9.78 Å². The molecule has 1 fully saturated rings. The summed E-state index contributed by atoms with van der Waals surface area (Å²) < 4.78 is 11.1. The van der Waals surface area contributed by atoms with Gasteiger partial charge in [0.2, 0.25) is 11.8 Å². The predicted octanol–water partition coefficient (Wildman–Crippen LogP) is 1.82. The Hall–Kier alpha value is -3.43. The number of benzene rings is 2. The van der Waals surface area contributed by atoms with Crippen molar-refractivity contribution < 1.29 is 24.5 Å². The van der Waals surface area contributed by atoms with Crippen LogP contribution in [0.15, 0.2) is 54.6 Å². The summed E-state index contributed by atoms with van der Waals surface area (Å²) in [5.74, 6) is 0.845. The molecule has 1 amide bonds. The number of ether oxygens (including phenoxy) is 2. The summed E-state index contributed by atoms with van der Waals surface area (Å²) in [6.45, 7) is 1.87. The smallest absolute Gasteiger partial charge is 0.410 e. The topological polar surface area (TPSA) is 108 Å². The SMILES string of the molecule is O=C(OCc1ccccc1)N1CCN(c2nc(OCC(O)CO)c3ccccc3n2)CC1. The van der Waals surface area contributed by atoms with E-state index in [0.29, 0.717) is 38.0 Å². The highest BCUT2D eigenvalue weighted by molar-refractivity contribution is 5.84. The van der Waals surface area contributed by atoms with Crippen LogP contribution in [0.4, 0.5) is 10.7 Å². The minimum Gasteiger partial charge on any atom is -0.474 e. The van der Waals surface area contributed by atoms with E-state index in [4.69, 9.17) is 14.6 Å². The Morgan fingerprint density at radius 2 is 1.72 bits per heavy atom. The van der Waals surface area contributed by atoms with E-state index in [2.05, 4.69) is 9.97 Å². The number of carbonyl (C=O) groups excluding carboxylic acids is 1. The Morgan fingerprint density at radius 3 is 2.47 bits per heavy atom. The normalized spacial score (nSPS) is 14.9. The second kappa shape index (κ2) is 10.3. The fraction of sp³-hybridized carbons (Fsp3) is 0.348. The van der Waals surface area contributed by atoms with Crippen molar-refractivity contribution in [3.05, 3.63) is 60.2 Å². The largest absolute Gasteiger partial charge is 0.474 e. The van der Waals surface area contributed by atoms with Crippen LogP contribution in [-0.2, 0) is 11.3 Å². The van der Waals surface area contributed by atoms with Crippen LogP contribution in [0.1, 0.15) is 5.56 Å². The van der Waals surface area contributed by atoms with Crippen molar-refractivity contribution in [3.63, 3.8) is 0 Å². The molecule has 1 atom stereocenters. The van der Waals surface area contributed by atoms with Gasteiger partial charge in [0.1, 0.15) is 19.3 Å². The van der Waals surface area contributed by atoms with Gasteiger partial charge in [0.15, 0.2) is 0 Å². The van der Waals surface area contributed by atoms with Gasteiger partial charge in [-0.2, -0.15) is 4.98 Å². The molecule has 2 N–H and O–H groups in total. The second-order valence-electron chi connectivity index (χ2n) is 7.51. The molecule has 0 saturated carbocycles. The molecule has 0 radical (unpaired) electrons. The van der Waals surface area contributed by atoms with Crippen LogP contribution < -0.4 is 9.64 Å². The van der Waals surface area contributed by atoms with Crippen LogP contribution in [0.2, 0.25) is 0 Å². The van der Waals surface area contributed by atoms with Gasteiger partial charge >= 0.3 is 6.09 Å². The van der Waals surface area contributed by atoms with E-state index in [1.165, 1.54) is 0 Å². The minimum atomic E-state index is -0.988. The third kappa shape index (κ3) is 5.24. The van der Waals surface area contributed by atoms with Gasteiger partial charge in [0, 0.05) is 26.2 Å². The van der Waals surface area contributed by atoms with Crippen molar-refractivity contribution >= 4 is 22.9 Å². The number of nitrogens with zero attached hydrogens (tertiary/aromatic N) is 4. The number of carbonyl (C=O) groups is 1. The zero-order valence-electron chi connectivity index (χ0n) is 17.6. The molecule has 0 bridgehead atoms. The number of aromatic nitrogens is 2. The molecule has 3 aromatic rings. The molecule has 9 heteroatoms. The highest BCUT2D eigenvalue weighted by Gasteiger charge is 2.24. The van der Waals surface area contributed by atoms with E-state index >= 15 is 0 Å². The summed E-state index contributed by atoms with van der Waals surface area (Å²) in [7, 11) is 0. The van der Waals surface area contributed by atoms with E-state index in [1.54, 1.807) is 4.90 Å². The average molecular weight is 438 g/mol. The van der Waals surface area contributed by atoms with Crippen LogP contribution in [0.25, 0.3) is 10.9 Å². The molecule has 1 aliphatic rings. The minimum absolute atomic E-state index is 0.0714. The molecular weight excluding hydrogens is 412 g/mol. The number of hydrogen-bond acceptors (Lipinski definition) is 8. The highest BCUT2D eigenvalue weighted by atomic mass is 16.6. The fourth-order valence-corrected chi connectivity index (χ4v) is 3.41. The molecule has 2 heterocycles. The predicted molar refractivity (Wildman–Crippen MR) is 119 cm³/mol.